The quantitative estimate of drug-likeness (QED) is 0.359. The van der Waals surface area contributed by atoms with E-state index in [0.717, 1.165) is 25.4 Å². The van der Waals surface area contributed by atoms with Gasteiger partial charge in [0, 0.05) is 13.1 Å². The molecule has 0 aromatic heterocycles. The van der Waals surface area contributed by atoms with Crippen molar-refractivity contribution in [3.8, 4) is 0 Å². The summed E-state index contributed by atoms with van der Waals surface area (Å²) >= 11 is 0. The molecule has 0 amide bonds. The van der Waals surface area contributed by atoms with Crippen LogP contribution in [0.15, 0.2) is 0 Å². The Labute approximate surface area is 115 Å². The topological polar surface area (TPSA) is 23.5 Å². The standard InChI is InChI=1S/C16H35NO/c1-4-17(18)15-13-11-9-7-5-6-8-10-12-14-16(2)3/h16,18H,4-15H2,1-3H3. The number of rotatable bonds is 13. The Balaban J connectivity index is 2.99. The van der Waals surface area contributed by atoms with Crippen LogP contribution in [0.5, 0.6) is 0 Å². The third kappa shape index (κ3) is 14.0. The Kier molecular flexibility index (Phi) is 13.3. The van der Waals surface area contributed by atoms with Crippen LogP contribution in [0.3, 0.4) is 0 Å². The first-order chi connectivity index (χ1) is 8.66. The van der Waals surface area contributed by atoms with Crippen molar-refractivity contribution < 1.29 is 5.21 Å². The van der Waals surface area contributed by atoms with E-state index in [2.05, 4.69) is 13.8 Å². The van der Waals surface area contributed by atoms with Gasteiger partial charge in [-0.25, -0.2) is 0 Å². The second-order valence-corrected chi connectivity index (χ2v) is 5.91. The van der Waals surface area contributed by atoms with Crippen molar-refractivity contribution in [3.05, 3.63) is 0 Å². The summed E-state index contributed by atoms with van der Waals surface area (Å²) in [6.45, 7) is 8.19. The van der Waals surface area contributed by atoms with Crippen LogP contribution in [-0.4, -0.2) is 23.4 Å². The second kappa shape index (κ2) is 13.4. The molecule has 0 radical (unpaired) electrons. The van der Waals surface area contributed by atoms with Crippen LogP contribution in [0.2, 0.25) is 0 Å². The molecular formula is C16H35NO. The van der Waals surface area contributed by atoms with Crippen LogP contribution < -0.4 is 0 Å². The van der Waals surface area contributed by atoms with Gasteiger partial charge >= 0.3 is 0 Å². The van der Waals surface area contributed by atoms with Crippen molar-refractivity contribution in [3.63, 3.8) is 0 Å². The van der Waals surface area contributed by atoms with Gasteiger partial charge in [-0.2, -0.15) is 5.06 Å². The third-order valence-electron chi connectivity index (χ3n) is 3.56. The minimum absolute atomic E-state index is 0.746. The average molecular weight is 257 g/mol. The summed E-state index contributed by atoms with van der Waals surface area (Å²) < 4.78 is 0. The van der Waals surface area contributed by atoms with Crippen molar-refractivity contribution in [1.29, 1.82) is 0 Å². The van der Waals surface area contributed by atoms with Gasteiger partial charge in [0.25, 0.3) is 0 Å². The summed E-state index contributed by atoms with van der Waals surface area (Å²) in [6.07, 6.45) is 13.6. The monoisotopic (exact) mass is 257 g/mol. The van der Waals surface area contributed by atoms with E-state index in [-0.39, 0.29) is 0 Å². The number of nitrogens with zero attached hydrogens (tertiary/aromatic N) is 1. The molecular weight excluding hydrogens is 222 g/mol. The molecule has 1 N–H and O–H groups in total. The summed E-state index contributed by atoms with van der Waals surface area (Å²) in [5.74, 6) is 0.874. The van der Waals surface area contributed by atoms with Crippen LogP contribution in [0, 0.1) is 5.92 Å². The highest BCUT2D eigenvalue weighted by Crippen LogP contribution is 2.13. The molecule has 2 nitrogen and oxygen atoms in total. The zero-order valence-corrected chi connectivity index (χ0v) is 13.0. The fourth-order valence-corrected chi connectivity index (χ4v) is 2.24. The maximum absolute atomic E-state index is 9.25. The Morgan fingerprint density at radius 1 is 0.778 bits per heavy atom. The van der Waals surface area contributed by atoms with Gasteiger partial charge in [-0.15, -0.1) is 0 Å². The van der Waals surface area contributed by atoms with E-state index in [1.54, 1.807) is 0 Å². The first-order valence-electron chi connectivity index (χ1n) is 8.10. The zero-order valence-electron chi connectivity index (χ0n) is 13.0. The van der Waals surface area contributed by atoms with Crippen LogP contribution in [-0.2, 0) is 0 Å². The first kappa shape index (κ1) is 17.9. The first-order valence-corrected chi connectivity index (χ1v) is 8.10. The van der Waals surface area contributed by atoms with Gasteiger partial charge in [0.05, 0.1) is 0 Å². The van der Waals surface area contributed by atoms with Gasteiger partial charge in [-0.05, 0) is 12.3 Å². The van der Waals surface area contributed by atoms with Gasteiger partial charge in [0.2, 0.25) is 0 Å². The van der Waals surface area contributed by atoms with Gasteiger partial charge in [0.1, 0.15) is 0 Å². The second-order valence-electron chi connectivity index (χ2n) is 5.91. The lowest BCUT2D eigenvalue weighted by molar-refractivity contribution is -0.0869. The molecule has 0 rings (SSSR count). The van der Waals surface area contributed by atoms with Gasteiger partial charge < -0.3 is 5.21 Å². The maximum Gasteiger partial charge on any atom is 0.0238 e. The molecule has 0 heterocycles. The van der Waals surface area contributed by atoms with Gasteiger partial charge in [0.15, 0.2) is 0 Å². The van der Waals surface area contributed by atoms with Gasteiger partial charge in [-0.1, -0.05) is 78.6 Å². The lowest BCUT2D eigenvalue weighted by Gasteiger charge is -2.10. The smallest absolute Gasteiger partial charge is 0.0238 e. The highest BCUT2D eigenvalue weighted by Gasteiger charge is 1.97. The molecule has 0 unspecified atom stereocenters. The molecule has 0 aliphatic carbocycles. The molecule has 0 aliphatic rings. The molecule has 0 saturated heterocycles. The summed E-state index contributed by atoms with van der Waals surface area (Å²) in [7, 11) is 0. The van der Waals surface area contributed by atoms with Crippen molar-refractivity contribution in [2.45, 2.75) is 85.0 Å². The molecule has 0 saturated carbocycles. The van der Waals surface area contributed by atoms with E-state index in [9.17, 15) is 5.21 Å². The Hall–Kier alpha value is -0.0800. The number of hydroxylamine groups is 2. The van der Waals surface area contributed by atoms with Crippen LogP contribution in [0.1, 0.15) is 85.0 Å². The number of hydrogen-bond acceptors (Lipinski definition) is 2. The fourth-order valence-electron chi connectivity index (χ4n) is 2.24. The van der Waals surface area contributed by atoms with E-state index in [1.165, 1.54) is 62.9 Å². The highest BCUT2D eigenvalue weighted by atomic mass is 16.5. The Morgan fingerprint density at radius 2 is 1.22 bits per heavy atom. The predicted octanol–water partition coefficient (Wildman–Crippen LogP) is 5.25. The van der Waals surface area contributed by atoms with Crippen molar-refractivity contribution in [1.82, 2.24) is 5.06 Å². The third-order valence-corrected chi connectivity index (χ3v) is 3.56. The van der Waals surface area contributed by atoms with E-state index < -0.39 is 0 Å². The molecule has 0 aromatic carbocycles. The van der Waals surface area contributed by atoms with E-state index in [4.69, 9.17) is 0 Å². The highest BCUT2D eigenvalue weighted by molar-refractivity contribution is 4.50. The lowest BCUT2D eigenvalue weighted by atomic mass is 10.0. The number of hydrogen-bond donors (Lipinski definition) is 1. The minimum Gasteiger partial charge on any atom is -0.314 e. The predicted molar refractivity (Wildman–Crippen MR) is 80.0 cm³/mol. The van der Waals surface area contributed by atoms with Gasteiger partial charge in [-0.3, -0.25) is 0 Å². The minimum atomic E-state index is 0.746. The maximum atomic E-state index is 9.25. The molecule has 2 heteroatoms. The lowest BCUT2D eigenvalue weighted by Crippen LogP contribution is -2.19. The molecule has 0 aliphatic heterocycles. The molecule has 0 aromatic rings. The van der Waals surface area contributed by atoms with Crippen molar-refractivity contribution in [2.24, 2.45) is 5.92 Å². The van der Waals surface area contributed by atoms with E-state index in [1.807, 2.05) is 6.92 Å². The van der Waals surface area contributed by atoms with E-state index >= 15 is 0 Å². The molecule has 0 bridgehead atoms. The van der Waals surface area contributed by atoms with Crippen LogP contribution >= 0.6 is 0 Å². The molecule has 0 fully saturated rings. The van der Waals surface area contributed by atoms with E-state index in [0.29, 0.717) is 0 Å². The zero-order chi connectivity index (χ0) is 13.6. The van der Waals surface area contributed by atoms with Crippen molar-refractivity contribution >= 4 is 0 Å². The molecule has 0 spiro atoms. The molecule has 0 atom stereocenters. The summed E-state index contributed by atoms with van der Waals surface area (Å²) in [5, 5.41) is 10.7. The Bertz CT molecular complexity index is 159. The molecule has 110 valence electrons. The van der Waals surface area contributed by atoms with Crippen LogP contribution in [0.4, 0.5) is 0 Å². The van der Waals surface area contributed by atoms with Crippen molar-refractivity contribution in [2.75, 3.05) is 13.1 Å². The summed E-state index contributed by atoms with van der Waals surface area (Å²) in [4.78, 5) is 0. The summed E-state index contributed by atoms with van der Waals surface area (Å²) in [5.41, 5.74) is 0. The summed E-state index contributed by atoms with van der Waals surface area (Å²) in [6, 6.07) is 0. The number of unbranched alkanes of at least 4 members (excludes halogenated alkanes) is 8. The average Bonchev–Trinajstić information content (AvgIpc) is 2.35. The SMILES string of the molecule is CCN(O)CCCCCCCCCCCC(C)C. The normalized spacial score (nSPS) is 11.7. The van der Waals surface area contributed by atoms with Crippen LogP contribution in [0.25, 0.3) is 0 Å². The molecule has 18 heavy (non-hydrogen) atoms. The Morgan fingerprint density at radius 3 is 1.67 bits per heavy atom. The fraction of sp³-hybridized carbons (Fsp3) is 1.00. The largest absolute Gasteiger partial charge is 0.314 e.